The predicted molar refractivity (Wildman–Crippen MR) is 72.3 cm³/mol. The Labute approximate surface area is 105 Å². The Kier molecular flexibility index (Phi) is 2.37. The second kappa shape index (κ2) is 3.75. The van der Waals surface area contributed by atoms with E-state index in [0.29, 0.717) is 0 Å². The van der Waals surface area contributed by atoms with Gasteiger partial charge in [0.05, 0.1) is 11.4 Å². The normalized spacial score (nSPS) is 13.2. The Morgan fingerprint density at radius 1 is 1.00 bits per heavy atom. The van der Waals surface area contributed by atoms with E-state index in [0.717, 1.165) is 4.90 Å². The van der Waals surface area contributed by atoms with Crippen LogP contribution in [0.2, 0.25) is 0 Å². The number of rotatable bonds is 0. The van der Waals surface area contributed by atoms with Crippen LogP contribution in [0.1, 0.15) is 0 Å². The molecule has 1 heterocycles. The van der Waals surface area contributed by atoms with Crippen molar-refractivity contribution in [3.8, 4) is 0 Å². The van der Waals surface area contributed by atoms with Crippen LogP contribution in [0.3, 0.4) is 0 Å². The molecule has 0 radical (unpaired) electrons. The minimum absolute atomic E-state index is 1.01. The third-order valence-electron chi connectivity index (χ3n) is 2.75. The number of hydrogen-bond donors (Lipinski definition) is 1. The van der Waals surface area contributed by atoms with E-state index >= 15 is 0 Å². The molecule has 80 valence electrons. The average molecular weight is 245 g/mol. The van der Waals surface area contributed by atoms with E-state index in [-0.39, 0.29) is 0 Å². The van der Waals surface area contributed by atoms with Crippen LogP contribution in [-0.2, 0) is 0 Å². The van der Waals surface area contributed by atoms with Crippen LogP contribution in [0.15, 0.2) is 57.2 Å². The fourth-order valence-electron chi connectivity index (χ4n) is 1.93. The highest BCUT2D eigenvalue weighted by Crippen LogP contribution is 2.47. The van der Waals surface area contributed by atoms with E-state index in [4.69, 9.17) is 0 Å². The van der Waals surface area contributed by atoms with Crippen molar-refractivity contribution in [2.24, 2.45) is 0 Å². The van der Waals surface area contributed by atoms with Gasteiger partial charge in [-0.05, 0) is 30.3 Å². The summed E-state index contributed by atoms with van der Waals surface area (Å²) in [6.45, 7) is 0. The van der Waals surface area contributed by atoms with Gasteiger partial charge in [-0.25, -0.2) is 0 Å². The number of para-hydroxylation sites is 1. The van der Waals surface area contributed by atoms with Crippen LogP contribution in [0.5, 0.6) is 0 Å². The number of thiol groups is 1. The minimum atomic E-state index is 1.01. The third-order valence-corrected chi connectivity index (χ3v) is 4.14. The summed E-state index contributed by atoms with van der Waals surface area (Å²) >= 11 is 6.20. The number of anilines is 2. The Hall–Kier alpha value is -1.06. The van der Waals surface area contributed by atoms with Gasteiger partial charge >= 0.3 is 0 Å². The molecule has 0 fully saturated rings. The van der Waals surface area contributed by atoms with Gasteiger partial charge in [0.15, 0.2) is 0 Å². The van der Waals surface area contributed by atoms with Crippen LogP contribution in [0.25, 0.3) is 0 Å². The second-order valence-corrected chi connectivity index (χ2v) is 5.38. The van der Waals surface area contributed by atoms with Gasteiger partial charge in [-0.2, -0.15) is 0 Å². The second-order valence-electron chi connectivity index (χ2n) is 3.78. The number of hydrogen-bond acceptors (Lipinski definition) is 3. The molecule has 2 aromatic carbocycles. The summed E-state index contributed by atoms with van der Waals surface area (Å²) in [4.78, 5) is 5.82. The molecule has 1 aliphatic heterocycles. The van der Waals surface area contributed by atoms with Crippen molar-refractivity contribution in [1.29, 1.82) is 0 Å². The molecule has 0 saturated heterocycles. The highest BCUT2D eigenvalue weighted by molar-refractivity contribution is 7.99. The van der Waals surface area contributed by atoms with Crippen molar-refractivity contribution < 1.29 is 0 Å². The molecule has 0 atom stereocenters. The number of fused-ring (bicyclic) bond motifs is 2. The largest absolute Gasteiger partial charge is 0.343 e. The summed E-state index contributed by atoms with van der Waals surface area (Å²) in [5, 5.41) is 0. The van der Waals surface area contributed by atoms with Crippen molar-refractivity contribution in [3.63, 3.8) is 0 Å². The Balaban J connectivity index is 2.18. The minimum Gasteiger partial charge on any atom is -0.343 e. The predicted octanol–water partition coefficient (Wildman–Crippen LogP) is 4.21. The SMILES string of the molecule is CN1c2ccccc2Sc2cc(S)ccc21. The summed E-state index contributed by atoms with van der Waals surface area (Å²) in [6, 6.07) is 14.7. The van der Waals surface area contributed by atoms with E-state index in [1.165, 1.54) is 21.2 Å². The van der Waals surface area contributed by atoms with Crippen LogP contribution < -0.4 is 4.90 Å². The van der Waals surface area contributed by atoms with E-state index in [1.807, 2.05) is 17.8 Å². The lowest BCUT2D eigenvalue weighted by Crippen LogP contribution is -2.14. The molecule has 2 aromatic rings. The first kappa shape index (κ1) is 10.1. The highest BCUT2D eigenvalue weighted by Gasteiger charge is 2.19. The summed E-state index contributed by atoms with van der Waals surface area (Å²) < 4.78 is 0. The third kappa shape index (κ3) is 1.51. The zero-order valence-electron chi connectivity index (χ0n) is 8.84. The van der Waals surface area contributed by atoms with Gasteiger partial charge < -0.3 is 4.90 Å². The Morgan fingerprint density at radius 2 is 1.75 bits per heavy atom. The van der Waals surface area contributed by atoms with Gasteiger partial charge in [-0.1, -0.05) is 23.9 Å². The van der Waals surface area contributed by atoms with Crippen LogP contribution >= 0.6 is 24.4 Å². The molecule has 1 aliphatic rings. The molecule has 3 heteroatoms. The fourth-order valence-corrected chi connectivity index (χ4v) is 3.41. The Morgan fingerprint density at radius 3 is 2.62 bits per heavy atom. The van der Waals surface area contributed by atoms with E-state index in [9.17, 15) is 0 Å². The molecule has 0 unspecified atom stereocenters. The monoisotopic (exact) mass is 245 g/mol. The molecule has 0 amide bonds. The van der Waals surface area contributed by atoms with E-state index in [2.05, 4.69) is 61.0 Å². The maximum Gasteiger partial charge on any atom is 0.0551 e. The lowest BCUT2D eigenvalue weighted by Gasteiger charge is -2.29. The molecule has 0 saturated carbocycles. The maximum absolute atomic E-state index is 4.39. The van der Waals surface area contributed by atoms with Crippen molar-refractivity contribution >= 4 is 35.8 Å². The maximum atomic E-state index is 4.39. The molecule has 0 aliphatic carbocycles. The topological polar surface area (TPSA) is 3.24 Å². The van der Waals surface area contributed by atoms with Crippen LogP contribution in [0, 0.1) is 0 Å². The standard InChI is InChI=1S/C13H11NS2/c1-14-10-4-2-3-5-12(10)16-13-8-9(15)6-7-11(13)14/h2-8,15H,1H3. The molecule has 0 spiro atoms. The van der Waals surface area contributed by atoms with Gasteiger partial charge in [0.25, 0.3) is 0 Å². The van der Waals surface area contributed by atoms with Crippen LogP contribution in [-0.4, -0.2) is 7.05 Å². The molecule has 0 bridgehead atoms. The summed E-state index contributed by atoms with van der Waals surface area (Å²) in [6.07, 6.45) is 0. The number of nitrogens with zero attached hydrogens (tertiary/aromatic N) is 1. The molecule has 1 nitrogen and oxygen atoms in total. The van der Waals surface area contributed by atoms with Crippen molar-refractivity contribution in [2.75, 3.05) is 11.9 Å². The highest BCUT2D eigenvalue weighted by atomic mass is 32.2. The van der Waals surface area contributed by atoms with Gasteiger partial charge in [-0.3, -0.25) is 0 Å². The zero-order valence-corrected chi connectivity index (χ0v) is 10.6. The van der Waals surface area contributed by atoms with Gasteiger partial charge in [-0.15, -0.1) is 12.6 Å². The first-order valence-corrected chi connectivity index (χ1v) is 6.36. The zero-order chi connectivity index (χ0) is 11.1. The lowest BCUT2D eigenvalue weighted by molar-refractivity contribution is 1.10. The van der Waals surface area contributed by atoms with Crippen molar-refractivity contribution in [3.05, 3.63) is 42.5 Å². The van der Waals surface area contributed by atoms with Gasteiger partial charge in [0, 0.05) is 21.7 Å². The first-order chi connectivity index (χ1) is 7.75. The van der Waals surface area contributed by atoms with E-state index in [1.54, 1.807) is 0 Å². The van der Waals surface area contributed by atoms with Crippen molar-refractivity contribution in [1.82, 2.24) is 0 Å². The molecule has 3 rings (SSSR count). The molecular weight excluding hydrogens is 234 g/mol. The quantitative estimate of drug-likeness (QED) is 0.693. The molecule has 0 N–H and O–H groups in total. The molecule has 0 aromatic heterocycles. The number of benzene rings is 2. The summed E-state index contributed by atoms with van der Waals surface area (Å²) in [7, 11) is 2.11. The Bertz CT molecular complexity index is 551. The summed E-state index contributed by atoms with van der Waals surface area (Å²) in [5.41, 5.74) is 2.52. The average Bonchev–Trinajstić information content (AvgIpc) is 2.29. The molecule has 16 heavy (non-hydrogen) atoms. The van der Waals surface area contributed by atoms with Crippen LogP contribution in [0.4, 0.5) is 11.4 Å². The van der Waals surface area contributed by atoms with Crippen molar-refractivity contribution in [2.45, 2.75) is 14.7 Å². The van der Waals surface area contributed by atoms with Gasteiger partial charge in [0.1, 0.15) is 0 Å². The van der Waals surface area contributed by atoms with E-state index < -0.39 is 0 Å². The lowest BCUT2D eigenvalue weighted by atomic mass is 10.2. The first-order valence-electron chi connectivity index (χ1n) is 5.09. The smallest absolute Gasteiger partial charge is 0.0551 e. The van der Waals surface area contributed by atoms with Gasteiger partial charge in [0.2, 0.25) is 0 Å². The summed E-state index contributed by atoms with van der Waals surface area (Å²) in [5.74, 6) is 0. The molecular formula is C13H11NS2. The fraction of sp³-hybridized carbons (Fsp3) is 0.0769.